The Morgan fingerprint density at radius 3 is 2.42 bits per heavy atom. The first-order chi connectivity index (χ1) is 11.7. The smallest absolute Gasteiger partial charge is 0.344 e. The monoisotopic (exact) mass is 335 g/mol. The van der Waals surface area contributed by atoms with Crippen LogP contribution in [0.2, 0.25) is 0 Å². The molecule has 0 aromatic carbocycles. The topological polar surface area (TPSA) is 65.4 Å². The molecule has 1 spiro atoms. The Balaban J connectivity index is 1.47. The quantitative estimate of drug-likeness (QED) is 0.487. The highest BCUT2D eigenvalue weighted by molar-refractivity contribution is 5.82. The number of piperidine rings is 1. The number of hydroxylamine groups is 2. The van der Waals surface area contributed by atoms with E-state index in [4.69, 9.17) is 10.0 Å². The molecular weight excluding hydrogens is 306 g/mol. The van der Waals surface area contributed by atoms with Crippen molar-refractivity contribution in [3.05, 3.63) is 0 Å². The van der Waals surface area contributed by atoms with Crippen molar-refractivity contribution in [1.82, 2.24) is 9.96 Å². The number of fused-ring (bicyclic) bond motifs is 3. The van der Waals surface area contributed by atoms with Crippen molar-refractivity contribution in [2.24, 2.45) is 10.6 Å². The van der Waals surface area contributed by atoms with Crippen LogP contribution >= 0.6 is 0 Å². The van der Waals surface area contributed by atoms with Gasteiger partial charge in [-0.05, 0) is 37.5 Å². The minimum atomic E-state index is -0.0876. The SMILES string of the molecule is O=C1N(OC2CCCCCCCC2)C2CN1[C@H](/C=N/O)CC21CC1. The van der Waals surface area contributed by atoms with Crippen LogP contribution in [-0.2, 0) is 4.84 Å². The zero-order chi connectivity index (χ0) is 16.6. The lowest BCUT2D eigenvalue weighted by Gasteiger charge is -2.35. The molecule has 6 heteroatoms. The summed E-state index contributed by atoms with van der Waals surface area (Å²) in [4.78, 5) is 21.0. The van der Waals surface area contributed by atoms with E-state index in [0.29, 0.717) is 6.54 Å². The highest BCUT2D eigenvalue weighted by Gasteiger charge is 2.63. The van der Waals surface area contributed by atoms with E-state index in [1.807, 2.05) is 4.90 Å². The van der Waals surface area contributed by atoms with Gasteiger partial charge in [0.15, 0.2) is 0 Å². The van der Waals surface area contributed by atoms with Gasteiger partial charge < -0.3 is 10.1 Å². The molecule has 2 saturated heterocycles. The van der Waals surface area contributed by atoms with Gasteiger partial charge in [0.25, 0.3) is 0 Å². The second kappa shape index (κ2) is 6.54. The number of hydrogen-bond donors (Lipinski definition) is 1. The van der Waals surface area contributed by atoms with Crippen molar-refractivity contribution >= 4 is 12.2 Å². The van der Waals surface area contributed by atoms with E-state index in [1.54, 1.807) is 5.06 Å². The average molecular weight is 335 g/mol. The van der Waals surface area contributed by atoms with Crippen molar-refractivity contribution in [2.75, 3.05) is 6.54 Å². The Labute approximate surface area is 143 Å². The summed E-state index contributed by atoms with van der Waals surface area (Å²) in [5.41, 5.74) is 0.188. The number of carbonyl (C=O) groups is 1. The molecule has 2 amide bonds. The number of urea groups is 1. The lowest BCUT2D eigenvalue weighted by molar-refractivity contribution is -0.185. The van der Waals surface area contributed by atoms with Gasteiger partial charge in [-0.3, -0.25) is 4.84 Å². The molecule has 1 N–H and O–H groups in total. The molecule has 2 saturated carbocycles. The third kappa shape index (κ3) is 2.89. The molecule has 2 heterocycles. The molecule has 0 radical (unpaired) electrons. The molecule has 2 aliphatic heterocycles. The van der Waals surface area contributed by atoms with Gasteiger partial charge in [0.2, 0.25) is 0 Å². The van der Waals surface area contributed by atoms with Crippen LogP contribution in [0.4, 0.5) is 4.79 Å². The van der Waals surface area contributed by atoms with Crippen molar-refractivity contribution < 1.29 is 14.8 Å². The summed E-state index contributed by atoms with van der Waals surface area (Å²) in [6.45, 7) is 0.711. The maximum atomic E-state index is 12.9. The van der Waals surface area contributed by atoms with Gasteiger partial charge in [0.05, 0.1) is 24.4 Å². The van der Waals surface area contributed by atoms with Crippen LogP contribution in [0, 0.1) is 5.41 Å². The molecule has 134 valence electrons. The zero-order valence-electron chi connectivity index (χ0n) is 14.4. The van der Waals surface area contributed by atoms with Crippen LogP contribution in [-0.4, -0.2) is 52.1 Å². The number of rotatable bonds is 3. The van der Waals surface area contributed by atoms with E-state index >= 15 is 0 Å². The van der Waals surface area contributed by atoms with Gasteiger partial charge >= 0.3 is 6.03 Å². The fourth-order valence-electron chi connectivity index (χ4n) is 4.87. The Morgan fingerprint density at radius 1 is 1.12 bits per heavy atom. The number of carbonyl (C=O) groups excluding carboxylic acids is 1. The van der Waals surface area contributed by atoms with Crippen molar-refractivity contribution in [3.8, 4) is 0 Å². The van der Waals surface area contributed by atoms with Crippen molar-refractivity contribution in [3.63, 3.8) is 0 Å². The minimum absolute atomic E-state index is 0.0338. The molecular formula is C18H29N3O3. The Kier molecular flexibility index (Phi) is 4.41. The van der Waals surface area contributed by atoms with Crippen LogP contribution < -0.4 is 0 Å². The van der Waals surface area contributed by atoms with Crippen LogP contribution in [0.3, 0.4) is 0 Å². The van der Waals surface area contributed by atoms with Gasteiger partial charge in [0.1, 0.15) is 0 Å². The van der Waals surface area contributed by atoms with E-state index in [2.05, 4.69) is 5.16 Å². The predicted octanol–water partition coefficient (Wildman–Crippen LogP) is 3.54. The molecule has 24 heavy (non-hydrogen) atoms. The van der Waals surface area contributed by atoms with Crippen LogP contribution in [0.1, 0.15) is 70.6 Å². The summed E-state index contributed by atoms with van der Waals surface area (Å²) < 4.78 is 0. The van der Waals surface area contributed by atoms with Gasteiger partial charge in [0, 0.05) is 6.54 Å². The molecule has 6 nitrogen and oxygen atoms in total. The Morgan fingerprint density at radius 2 is 1.79 bits per heavy atom. The van der Waals surface area contributed by atoms with Crippen molar-refractivity contribution in [1.29, 1.82) is 0 Å². The van der Waals surface area contributed by atoms with E-state index in [0.717, 1.165) is 32.1 Å². The number of nitrogens with zero attached hydrogens (tertiary/aromatic N) is 3. The summed E-state index contributed by atoms with van der Waals surface area (Å²) in [5.74, 6) is 0. The van der Waals surface area contributed by atoms with Gasteiger partial charge in [-0.15, -0.1) is 0 Å². The van der Waals surface area contributed by atoms with E-state index in [-0.39, 0.29) is 29.6 Å². The van der Waals surface area contributed by atoms with E-state index < -0.39 is 0 Å². The molecule has 4 rings (SSSR count). The summed E-state index contributed by atoms with van der Waals surface area (Å²) in [7, 11) is 0. The fraction of sp³-hybridized carbons (Fsp3) is 0.889. The Bertz CT molecular complexity index is 496. The third-order valence-corrected chi connectivity index (χ3v) is 6.51. The van der Waals surface area contributed by atoms with E-state index in [1.165, 1.54) is 44.7 Å². The normalized spacial score (nSPS) is 33.8. The summed E-state index contributed by atoms with van der Waals surface area (Å²) >= 11 is 0. The molecule has 4 fully saturated rings. The largest absolute Gasteiger partial charge is 0.411 e. The van der Waals surface area contributed by atoms with Crippen LogP contribution in [0.25, 0.3) is 0 Å². The molecule has 2 aliphatic carbocycles. The first-order valence-corrected chi connectivity index (χ1v) is 9.68. The molecule has 0 aromatic heterocycles. The first-order valence-electron chi connectivity index (χ1n) is 9.68. The van der Waals surface area contributed by atoms with E-state index in [9.17, 15) is 4.79 Å². The maximum absolute atomic E-state index is 12.9. The molecule has 4 aliphatic rings. The van der Waals surface area contributed by atoms with Gasteiger partial charge in [-0.2, -0.15) is 5.06 Å². The van der Waals surface area contributed by atoms with Gasteiger partial charge in [-0.25, -0.2) is 4.79 Å². The first kappa shape index (κ1) is 16.2. The second-order valence-electron chi connectivity index (χ2n) is 8.10. The van der Waals surface area contributed by atoms with Crippen LogP contribution in [0.5, 0.6) is 0 Å². The number of hydrogen-bond acceptors (Lipinski definition) is 4. The number of amides is 2. The number of oxime groups is 1. The second-order valence-corrected chi connectivity index (χ2v) is 8.10. The lowest BCUT2D eigenvalue weighted by Crippen LogP contribution is -2.46. The van der Waals surface area contributed by atoms with Gasteiger partial charge in [-0.1, -0.05) is 43.7 Å². The lowest BCUT2D eigenvalue weighted by atomic mass is 9.85. The summed E-state index contributed by atoms with van der Waals surface area (Å²) in [6, 6.07) is 0.0601. The minimum Gasteiger partial charge on any atom is -0.411 e. The summed E-state index contributed by atoms with van der Waals surface area (Å²) in [6.07, 6.45) is 14.6. The molecule has 0 aromatic rings. The molecule has 2 bridgehead atoms. The zero-order valence-corrected chi connectivity index (χ0v) is 14.4. The highest BCUT2D eigenvalue weighted by atomic mass is 16.7. The average Bonchev–Trinajstić information content (AvgIpc) is 3.24. The fourth-order valence-corrected chi connectivity index (χ4v) is 4.87. The Hall–Kier alpha value is -1.30. The predicted molar refractivity (Wildman–Crippen MR) is 89.9 cm³/mol. The molecule has 2 atom stereocenters. The maximum Gasteiger partial charge on any atom is 0.344 e. The van der Waals surface area contributed by atoms with Crippen LogP contribution in [0.15, 0.2) is 5.16 Å². The summed E-state index contributed by atoms with van der Waals surface area (Å²) in [5, 5.41) is 13.8. The third-order valence-electron chi connectivity index (χ3n) is 6.51. The standard InChI is InChI=1S/C18H29N3O3/c22-17-20-13-16(18(9-10-18)11-14(20)12-19-23)21(17)24-15-7-5-3-1-2-4-6-8-15/h12,14-16,23H,1-11,13H2/b19-12+/t14-,16?/m0/s1. The van der Waals surface area contributed by atoms with Crippen molar-refractivity contribution in [2.45, 2.75) is 88.8 Å². The highest BCUT2D eigenvalue weighted by Crippen LogP contribution is 2.59. The molecule has 1 unspecified atom stereocenters.